The topological polar surface area (TPSA) is 29.1 Å². The van der Waals surface area contributed by atoms with Crippen molar-refractivity contribution in [3.63, 3.8) is 0 Å². The maximum Gasteiger partial charge on any atom is 0.169 e. The Hall–Kier alpha value is -1.31. The van der Waals surface area contributed by atoms with Crippen molar-refractivity contribution >= 4 is 11.5 Å². The van der Waals surface area contributed by atoms with Crippen LogP contribution in [0.2, 0.25) is 0 Å². The third kappa shape index (κ3) is 1.95. The molecule has 2 heteroatoms. The van der Waals surface area contributed by atoms with Crippen molar-refractivity contribution in [2.45, 2.75) is 20.8 Å². The Balaban J connectivity index is 0.000000461. The zero-order chi connectivity index (χ0) is 10.6. The second-order valence-corrected chi connectivity index (χ2v) is 3.19. The largest absolute Gasteiger partial charge is 0.384 e. The number of Topliss-reactive ketones (excluding diaryl/α,β-unsaturated/α-hetero) is 1. The van der Waals surface area contributed by atoms with E-state index in [9.17, 15) is 4.79 Å². The Bertz CT molecular complexity index is 320. The fourth-order valence-electron chi connectivity index (χ4n) is 1.47. The molecule has 1 aliphatic heterocycles. The quantitative estimate of drug-likeness (QED) is 0.683. The van der Waals surface area contributed by atoms with Crippen LogP contribution < -0.4 is 5.32 Å². The summed E-state index contributed by atoms with van der Waals surface area (Å²) in [5, 5.41) is 3.22. The summed E-state index contributed by atoms with van der Waals surface area (Å²) < 4.78 is 0. The molecule has 1 atom stereocenters. The van der Waals surface area contributed by atoms with Crippen molar-refractivity contribution in [2.24, 2.45) is 5.92 Å². The van der Waals surface area contributed by atoms with E-state index in [-0.39, 0.29) is 11.7 Å². The van der Waals surface area contributed by atoms with Gasteiger partial charge in [-0.1, -0.05) is 32.9 Å². The van der Waals surface area contributed by atoms with E-state index in [0.717, 1.165) is 17.8 Å². The molecule has 0 saturated carbocycles. The Morgan fingerprint density at radius 2 is 1.93 bits per heavy atom. The predicted octanol–water partition coefficient (Wildman–Crippen LogP) is 2.96. The standard InChI is InChI=1S/C10H11NO.C2H6/c1-7-6-11-9-5-3-2-4-8(9)10(7)12;1-2/h2-5,7,11H,6H2,1H3;1-2H3. The summed E-state index contributed by atoms with van der Waals surface area (Å²) >= 11 is 0. The van der Waals surface area contributed by atoms with Gasteiger partial charge in [-0.2, -0.15) is 0 Å². The van der Waals surface area contributed by atoms with Crippen LogP contribution in [0.1, 0.15) is 31.1 Å². The highest BCUT2D eigenvalue weighted by atomic mass is 16.1. The van der Waals surface area contributed by atoms with Gasteiger partial charge >= 0.3 is 0 Å². The van der Waals surface area contributed by atoms with Gasteiger partial charge in [-0.3, -0.25) is 4.79 Å². The summed E-state index contributed by atoms with van der Waals surface area (Å²) in [5.41, 5.74) is 1.80. The van der Waals surface area contributed by atoms with Crippen LogP contribution in [-0.4, -0.2) is 12.3 Å². The van der Waals surface area contributed by atoms with E-state index in [1.165, 1.54) is 0 Å². The van der Waals surface area contributed by atoms with Gasteiger partial charge < -0.3 is 5.32 Å². The number of carbonyl (C=O) groups is 1. The minimum Gasteiger partial charge on any atom is -0.384 e. The van der Waals surface area contributed by atoms with Gasteiger partial charge in [0.05, 0.1) is 0 Å². The molecular weight excluding hydrogens is 174 g/mol. The molecule has 0 aliphatic carbocycles. The number of ketones is 1. The summed E-state index contributed by atoms with van der Waals surface area (Å²) in [7, 11) is 0. The third-order valence-electron chi connectivity index (χ3n) is 2.24. The second kappa shape index (κ2) is 4.80. The number of fused-ring (bicyclic) bond motifs is 1. The molecule has 2 nitrogen and oxygen atoms in total. The van der Waals surface area contributed by atoms with Crippen LogP contribution in [0.15, 0.2) is 24.3 Å². The summed E-state index contributed by atoms with van der Waals surface area (Å²) in [6.45, 7) is 6.71. The van der Waals surface area contributed by atoms with E-state index in [2.05, 4.69) is 5.32 Å². The molecule has 1 aromatic carbocycles. The summed E-state index contributed by atoms with van der Waals surface area (Å²) in [6.07, 6.45) is 0. The van der Waals surface area contributed by atoms with Gasteiger partial charge in [0.1, 0.15) is 0 Å². The van der Waals surface area contributed by atoms with Gasteiger partial charge in [0, 0.05) is 23.7 Å². The third-order valence-corrected chi connectivity index (χ3v) is 2.24. The summed E-state index contributed by atoms with van der Waals surface area (Å²) in [5.74, 6) is 0.365. The van der Waals surface area contributed by atoms with Crippen molar-refractivity contribution < 1.29 is 4.79 Å². The van der Waals surface area contributed by atoms with Crippen LogP contribution in [0, 0.1) is 5.92 Å². The van der Waals surface area contributed by atoms with Crippen LogP contribution >= 0.6 is 0 Å². The van der Waals surface area contributed by atoms with Crippen molar-refractivity contribution in [3.8, 4) is 0 Å². The van der Waals surface area contributed by atoms with Gasteiger partial charge in [0.25, 0.3) is 0 Å². The molecule has 0 amide bonds. The molecular formula is C12H17NO. The first-order valence-electron chi connectivity index (χ1n) is 5.16. The van der Waals surface area contributed by atoms with Crippen molar-refractivity contribution in [3.05, 3.63) is 29.8 Å². The molecule has 76 valence electrons. The fourth-order valence-corrected chi connectivity index (χ4v) is 1.47. The van der Waals surface area contributed by atoms with Gasteiger partial charge in [0.15, 0.2) is 5.78 Å². The molecule has 14 heavy (non-hydrogen) atoms. The van der Waals surface area contributed by atoms with Gasteiger partial charge in [-0.05, 0) is 12.1 Å². The number of anilines is 1. The smallest absolute Gasteiger partial charge is 0.169 e. The number of hydrogen-bond acceptors (Lipinski definition) is 2. The van der Waals surface area contributed by atoms with Gasteiger partial charge in [0.2, 0.25) is 0 Å². The molecule has 0 fully saturated rings. The van der Waals surface area contributed by atoms with E-state index in [1.807, 2.05) is 45.0 Å². The predicted molar refractivity (Wildman–Crippen MR) is 59.8 cm³/mol. The van der Waals surface area contributed by atoms with Crippen LogP contribution in [0.3, 0.4) is 0 Å². The zero-order valence-corrected chi connectivity index (χ0v) is 9.00. The maximum absolute atomic E-state index is 11.6. The fraction of sp³-hybridized carbons (Fsp3) is 0.417. The molecule has 1 heterocycles. The maximum atomic E-state index is 11.6. The van der Waals surface area contributed by atoms with Gasteiger partial charge in [-0.15, -0.1) is 0 Å². The lowest BCUT2D eigenvalue weighted by Crippen LogP contribution is -2.26. The van der Waals surface area contributed by atoms with E-state index in [1.54, 1.807) is 0 Å². The summed E-state index contributed by atoms with van der Waals surface area (Å²) in [4.78, 5) is 11.6. The molecule has 1 aliphatic rings. The number of para-hydroxylation sites is 1. The molecule has 2 rings (SSSR count). The lowest BCUT2D eigenvalue weighted by atomic mass is 9.94. The van der Waals surface area contributed by atoms with Crippen molar-refractivity contribution in [1.82, 2.24) is 0 Å². The molecule has 0 spiro atoms. The first kappa shape index (κ1) is 10.8. The van der Waals surface area contributed by atoms with Crippen LogP contribution in [0.25, 0.3) is 0 Å². The Kier molecular flexibility index (Phi) is 3.69. The lowest BCUT2D eigenvalue weighted by Gasteiger charge is -2.21. The Morgan fingerprint density at radius 3 is 2.64 bits per heavy atom. The molecule has 1 N–H and O–H groups in total. The van der Waals surface area contributed by atoms with Crippen molar-refractivity contribution in [1.29, 1.82) is 0 Å². The first-order valence-corrected chi connectivity index (χ1v) is 5.16. The lowest BCUT2D eigenvalue weighted by molar-refractivity contribution is 0.0932. The molecule has 0 aromatic heterocycles. The highest BCUT2D eigenvalue weighted by Gasteiger charge is 2.22. The van der Waals surface area contributed by atoms with Gasteiger partial charge in [-0.25, -0.2) is 0 Å². The first-order chi connectivity index (χ1) is 6.79. The number of benzene rings is 1. The van der Waals surface area contributed by atoms with Crippen LogP contribution in [0.5, 0.6) is 0 Å². The van der Waals surface area contributed by atoms with Crippen molar-refractivity contribution in [2.75, 3.05) is 11.9 Å². The average Bonchev–Trinajstić information content (AvgIpc) is 2.27. The second-order valence-electron chi connectivity index (χ2n) is 3.19. The molecule has 0 saturated heterocycles. The SMILES string of the molecule is CC.CC1CNc2ccccc2C1=O. The van der Waals surface area contributed by atoms with E-state index >= 15 is 0 Å². The highest BCUT2D eigenvalue weighted by Crippen LogP contribution is 2.23. The number of carbonyl (C=O) groups excluding carboxylic acids is 1. The molecule has 0 radical (unpaired) electrons. The van der Waals surface area contributed by atoms with Crippen LogP contribution in [0.4, 0.5) is 5.69 Å². The molecule has 0 bridgehead atoms. The molecule has 1 unspecified atom stereocenters. The summed E-state index contributed by atoms with van der Waals surface area (Å²) in [6, 6.07) is 7.66. The average molecular weight is 191 g/mol. The minimum absolute atomic E-state index is 0.111. The van der Waals surface area contributed by atoms with E-state index in [4.69, 9.17) is 0 Å². The van der Waals surface area contributed by atoms with E-state index in [0.29, 0.717) is 0 Å². The minimum atomic E-state index is 0.111. The normalized spacial score (nSPS) is 18.8. The van der Waals surface area contributed by atoms with E-state index < -0.39 is 0 Å². The monoisotopic (exact) mass is 191 g/mol. The van der Waals surface area contributed by atoms with Crippen LogP contribution in [-0.2, 0) is 0 Å². The number of nitrogens with one attached hydrogen (secondary N) is 1. The Morgan fingerprint density at radius 1 is 1.29 bits per heavy atom. The Labute approximate surface area is 85.3 Å². The number of rotatable bonds is 0. The highest BCUT2D eigenvalue weighted by molar-refractivity contribution is 6.04. The number of hydrogen-bond donors (Lipinski definition) is 1. The molecule has 1 aromatic rings. The zero-order valence-electron chi connectivity index (χ0n) is 9.00.